The third-order valence-electron chi connectivity index (χ3n) is 1.76. The van der Waals surface area contributed by atoms with Crippen LogP contribution < -0.4 is 5.73 Å². The van der Waals surface area contributed by atoms with E-state index in [1.54, 1.807) is 24.4 Å². The Morgan fingerprint density at radius 3 is 3.07 bits per heavy atom. The van der Waals surface area contributed by atoms with E-state index in [0.717, 1.165) is 12.0 Å². The van der Waals surface area contributed by atoms with Gasteiger partial charge in [-0.2, -0.15) is 0 Å². The van der Waals surface area contributed by atoms with Crippen LogP contribution in [0.5, 0.6) is 0 Å². The molecule has 0 atom stereocenters. The van der Waals surface area contributed by atoms with Crippen LogP contribution in [0.25, 0.3) is 0 Å². The summed E-state index contributed by atoms with van der Waals surface area (Å²) >= 11 is 0. The number of nitrogen functional groups attached to an aromatic ring is 1. The lowest BCUT2D eigenvalue weighted by Crippen LogP contribution is -2.00. The van der Waals surface area contributed by atoms with Crippen molar-refractivity contribution in [1.29, 1.82) is 0 Å². The molecular weight excluding hydrogens is 176 g/mol. The van der Waals surface area contributed by atoms with E-state index in [0.29, 0.717) is 12.2 Å². The highest BCUT2D eigenvalue weighted by Gasteiger charge is 1.99. The quantitative estimate of drug-likeness (QED) is 0.736. The average Bonchev–Trinajstić information content (AvgIpc) is 2.15. The molecule has 0 amide bonds. The summed E-state index contributed by atoms with van der Waals surface area (Å²) in [5.41, 5.74) is 6.40. The van der Waals surface area contributed by atoms with E-state index in [4.69, 9.17) is 5.73 Å². The number of hydrogen-bond acceptors (Lipinski definition) is 3. The molecule has 3 heteroatoms. The second-order valence-corrected chi connectivity index (χ2v) is 3.04. The number of nitrogens with zero attached hydrogens (tertiary/aromatic N) is 1. The Bertz CT molecular complexity index is 345. The van der Waals surface area contributed by atoms with Crippen LogP contribution in [0.1, 0.15) is 18.9 Å². The van der Waals surface area contributed by atoms with Gasteiger partial charge < -0.3 is 5.73 Å². The summed E-state index contributed by atoms with van der Waals surface area (Å²) in [6.07, 6.45) is 6.35. The summed E-state index contributed by atoms with van der Waals surface area (Å²) in [5.74, 6) is 0.548. The van der Waals surface area contributed by atoms with Crippen LogP contribution in [-0.4, -0.2) is 10.8 Å². The van der Waals surface area contributed by atoms with Crippen molar-refractivity contribution in [2.24, 2.45) is 0 Å². The molecule has 14 heavy (non-hydrogen) atoms. The van der Waals surface area contributed by atoms with Gasteiger partial charge in [-0.05, 0) is 30.2 Å². The van der Waals surface area contributed by atoms with Gasteiger partial charge in [0.05, 0.1) is 0 Å². The molecule has 0 fully saturated rings. The van der Waals surface area contributed by atoms with Gasteiger partial charge in [-0.3, -0.25) is 4.79 Å². The molecule has 0 aromatic carbocycles. The van der Waals surface area contributed by atoms with E-state index in [1.165, 1.54) is 0 Å². The van der Waals surface area contributed by atoms with Crippen LogP contribution >= 0.6 is 0 Å². The van der Waals surface area contributed by atoms with Gasteiger partial charge in [-0.1, -0.05) is 13.0 Å². The number of ketones is 1. The molecule has 0 saturated heterocycles. The van der Waals surface area contributed by atoms with Crippen molar-refractivity contribution in [2.75, 3.05) is 5.73 Å². The standard InChI is InChI=1S/C11H14N2O/c1-2-3-4-10(14)7-9-5-6-13-11(12)8-9/h3-6,8H,2,7H2,1H3,(H2,12,13)/b4-3+. The van der Waals surface area contributed by atoms with Crippen molar-refractivity contribution < 1.29 is 4.79 Å². The molecule has 1 rings (SSSR count). The van der Waals surface area contributed by atoms with Crippen molar-refractivity contribution in [3.63, 3.8) is 0 Å². The van der Waals surface area contributed by atoms with Crippen molar-refractivity contribution in [3.05, 3.63) is 36.0 Å². The first-order valence-electron chi connectivity index (χ1n) is 4.62. The molecule has 1 heterocycles. The van der Waals surface area contributed by atoms with Crippen LogP contribution in [0.15, 0.2) is 30.5 Å². The van der Waals surface area contributed by atoms with Crippen LogP contribution in [-0.2, 0) is 11.2 Å². The van der Waals surface area contributed by atoms with E-state index >= 15 is 0 Å². The number of pyridine rings is 1. The molecule has 3 nitrogen and oxygen atoms in total. The molecule has 2 N–H and O–H groups in total. The lowest BCUT2D eigenvalue weighted by molar-refractivity contribution is -0.114. The molecule has 0 spiro atoms. The first-order valence-corrected chi connectivity index (χ1v) is 4.62. The Hall–Kier alpha value is -1.64. The Labute approximate surface area is 83.7 Å². The summed E-state index contributed by atoms with van der Waals surface area (Å²) in [6.45, 7) is 1.99. The molecule has 74 valence electrons. The summed E-state index contributed by atoms with van der Waals surface area (Å²) in [4.78, 5) is 15.2. The third kappa shape index (κ3) is 3.39. The predicted octanol–water partition coefficient (Wildman–Crippen LogP) is 1.74. The van der Waals surface area contributed by atoms with Gasteiger partial charge in [0.1, 0.15) is 5.82 Å². The molecule has 0 saturated carbocycles. The number of rotatable bonds is 4. The average molecular weight is 190 g/mol. The monoisotopic (exact) mass is 190 g/mol. The van der Waals surface area contributed by atoms with Gasteiger partial charge in [-0.25, -0.2) is 4.98 Å². The molecule has 1 aromatic heterocycles. The minimum absolute atomic E-state index is 0.0949. The fourth-order valence-electron chi connectivity index (χ4n) is 1.11. The van der Waals surface area contributed by atoms with Gasteiger partial charge in [0.2, 0.25) is 0 Å². The summed E-state index contributed by atoms with van der Waals surface area (Å²) in [5, 5.41) is 0. The van der Waals surface area contributed by atoms with Gasteiger partial charge in [0, 0.05) is 12.6 Å². The molecular formula is C11H14N2O. The fourth-order valence-corrected chi connectivity index (χ4v) is 1.11. The highest BCUT2D eigenvalue weighted by atomic mass is 16.1. The lowest BCUT2D eigenvalue weighted by Gasteiger charge is -1.98. The van der Waals surface area contributed by atoms with Gasteiger partial charge in [0.25, 0.3) is 0 Å². The van der Waals surface area contributed by atoms with Crippen molar-refractivity contribution in [2.45, 2.75) is 19.8 Å². The summed E-state index contributed by atoms with van der Waals surface area (Å²) in [7, 11) is 0. The Morgan fingerprint density at radius 2 is 2.43 bits per heavy atom. The number of carbonyl (C=O) groups excluding carboxylic acids is 1. The Morgan fingerprint density at radius 1 is 1.64 bits per heavy atom. The second kappa shape index (κ2) is 5.17. The van der Waals surface area contributed by atoms with E-state index in [9.17, 15) is 4.79 Å². The van der Waals surface area contributed by atoms with Crippen molar-refractivity contribution in [3.8, 4) is 0 Å². The van der Waals surface area contributed by atoms with Crippen molar-refractivity contribution >= 4 is 11.6 Å². The number of hydrogen-bond donors (Lipinski definition) is 1. The molecule has 0 aliphatic rings. The second-order valence-electron chi connectivity index (χ2n) is 3.04. The van der Waals surface area contributed by atoms with Crippen LogP contribution in [0.4, 0.5) is 5.82 Å². The number of anilines is 1. The van der Waals surface area contributed by atoms with Crippen LogP contribution in [0, 0.1) is 0 Å². The molecule has 0 aliphatic heterocycles. The molecule has 0 aliphatic carbocycles. The Kier molecular flexibility index (Phi) is 3.85. The SMILES string of the molecule is CC/C=C/C(=O)Cc1ccnc(N)c1. The molecule has 1 aromatic rings. The molecule has 0 radical (unpaired) electrons. The topological polar surface area (TPSA) is 56.0 Å². The van der Waals surface area contributed by atoms with Gasteiger partial charge in [-0.15, -0.1) is 0 Å². The first kappa shape index (κ1) is 10.4. The highest BCUT2D eigenvalue weighted by molar-refractivity contribution is 5.91. The van der Waals surface area contributed by atoms with Crippen LogP contribution in [0.2, 0.25) is 0 Å². The van der Waals surface area contributed by atoms with E-state index < -0.39 is 0 Å². The largest absolute Gasteiger partial charge is 0.384 e. The smallest absolute Gasteiger partial charge is 0.159 e. The summed E-state index contributed by atoms with van der Waals surface area (Å²) in [6, 6.07) is 3.52. The molecule has 0 bridgehead atoms. The highest BCUT2D eigenvalue weighted by Crippen LogP contribution is 2.04. The third-order valence-corrected chi connectivity index (χ3v) is 1.76. The predicted molar refractivity (Wildman–Crippen MR) is 56.8 cm³/mol. The first-order chi connectivity index (χ1) is 6.72. The van der Waals surface area contributed by atoms with Gasteiger partial charge >= 0.3 is 0 Å². The minimum Gasteiger partial charge on any atom is -0.384 e. The number of aromatic nitrogens is 1. The zero-order chi connectivity index (χ0) is 10.4. The maximum absolute atomic E-state index is 11.3. The van der Waals surface area contributed by atoms with Crippen molar-refractivity contribution in [1.82, 2.24) is 4.98 Å². The van der Waals surface area contributed by atoms with E-state index in [-0.39, 0.29) is 5.78 Å². The maximum atomic E-state index is 11.3. The fraction of sp³-hybridized carbons (Fsp3) is 0.273. The van der Waals surface area contributed by atoms with Crippen LogP contribution in [0.3, 0.4) is 0 Å². The van der Waals surface area contributed by atoms with Gasteiger partial charge in [0.15, 0.2) is 5.78 Å². The molecule has 0 unspecified atom stereocenters. The summed E-state index contributed by atoms with van der Waals surface area (Å²) < 4.78 is 0. The number of nitrogens with two attached hydrogens (primary N) is 1. The number of carbonyl (C=O) groups is 1. The number of allylic oxidation sites excluding steroid dienone is 2. The Balaban J connectivity index is 2.60. The minimum atomic E-state index is 0.0949. The normalized spacial score (nSPS) is 10.6. The lowest BCUT2D eigenvalue weighted by atomic mass is 10.1. The maximum Gasteiger partial charge on any atom is 0.159 e. The zero-order valence-electron chi connectivity index (χ0n) is 8.23. The van der Waals surface area contributed by atoms with E-state index in [2.05, 4.69) is 4.98 Å². The zero-order valence-corrected chi connectivity index (χ0v) is 8.23. The van der Waals surface area contributed by atoms with E-state index in [1.807, 2.05) is 13.0 Å².